The van der Waals surface area contributed by atoms with Crippen molar-refractivity contribution in [1.29, 1.82) is 0 Å². The van der Waals surface area contributed by atoms with Crippen molar-refractivity contribution in [3.8, 4) is 0 Å². The van der Waals surface area contributed by atoms with E-state index in [1.165, 1.54) is 0 Å². The van der Waals surface area contributed by atoms with Crippen molar-refractivity contribution in [3.05, 3.63) is 24.3 Å². The molecule has 0 bridgehead atoms. The van der Waals surface area contributed by atoms with Gasteiger partial charge in [0.1, 0.15) is 0 Å². The van der Waals surface area contributed by atoms with E-state index in [0.717, 1.165) is 51.4 Å². The molecule has 0 radical (unpaired) electrons. The topological polar surface area (TPSA) is 88.1 Å². The zero-order valence-electron chi connectivity index (χ0n) is 18.9. The van der Waals surface area contributed by atoms with Crippen molar-refractivity contribution in [2.45, 2.75) is 72.1 Å². The van der Waals surface area contributed by atoms with E-state index >= 15 is 0 Å². The standard InChI is InChI=1S/C22H39O7P/c1-6-30(25,28-17-13-9-7-11-15-26-21(23)19(2)3)29-18-14-10-8-12-16-27-22(24)20(4)5/h2,4,6-18H2,1,3,5H3. The van der Waals surface area contributed by atoms with Gasteiger partial charge in [0.25, 0.3) is 0 Å². The molecule has 0 saturated carbocycles. The van der Waals surface area contributed by atoms with Gasteiger partial charge in [0, 0.05) is 17.3 Å². The molecule has 30 heavy (non-hydrogen) atoms. The van der Waals surface area contributed by atoms with Crippen LogP contribution in [0.4, 0.5) is 0 Å². The van der Waals surface area contributed by atoms with Gasteiger partial charge in [-0.2, -0.15) is 0 Å². The molecule has 0 N–H and O–H groups in total. The summed E-state index contributed by atoms with van der Waals surface area (Å²) in [6.07, 6.45) is 7.11. The summed E-state index contributed by atoms with van der Waals surface area (Å²) in [5.41, 5.74) is 0.811. The first kappa shape index (κ1) is 28.6. The van der Waals surface area contributed by atoms with Gasteiger partial charge in [-0.05, 0) is 52.4 Å². The Kier molecular flexibility index (Phi) is 16.4. The van der Waals surface area contributed by atoms with Crippen LogP contribution >= 0.6 is 7.60 Å². The highest BCUT2D eigenvalue weighted by Crippen LogP contribution is 2.47. The molecule has 0 unspecified atom stereocenters. The molecule has 0 rings (SSSR count). The van der Waals surface area contributed by atoms with E-state index < -0.39 is 7.60 Å². The second kappa shape index (κ2) is 17.3. The maximum Gasteiger partial charge on any atom is 0.333 e. The van der Waals surface area contributed by atoms with Gasteiger partial charge in [-0.3, -0.25) is 4.57 Å². The lowest BCUT2D eigenvalue weighted by Crippen LogP contribution is -2.06. The van der Waals surface area contributed by atoms with Crippen LogP contribution in [0.15, 0.2) is 24.3 Å². The van der Waals surface area contributed by atoms with Gasteiger partial charge in [0.2, 0.25) is 0 Å². The molecule has 0 amide bonds. The Hall–Kier alpha value is -1.43. The summed E-state index contributed by atoms with van der Waals surface area (Å²) in [4.78, 5) is 22.5. The fraction of sp³-hybridized carbons (Fsp3) is 0.727. The summed E-state index contributed by atoms with van der Waals surface area (Å²) < 4.78 is 33.6. The average molecular weight is 447 g/mol. The van der Waals surface area contributed by atoms with E-state index in [1.54, 1.807) is 20.8 Å². The molecule has 8 heteroatoms. The lowest BCUT2D eigenvalue weighted by atomic mass is 10.2. The Balaban J connectivity index is 3.67. The number of carbonyl (C=O) groups excluding carboxylic acids is 2. The average Bonchev–Trinajstić information content (AvgIpc) is 2.71. The quantitative estimate of drug-likeness (QED) is 0.111. The van der Waals surface area contributed by atoms with Crippen LogP contribution in [0, 0.1) is 0 Å². The summed E-state index contributed by atoms with van der Waals surface area (Å²) in [7, 11) is -3.03. The van der Waals surface area contributed by atoms with Crippen molar-refractivity contribution < 1.29 is 32.7 Å². The van der Waals surface area contributed by atoms with Gasteiger partial charge in [-0.1, -0.05) is 32.9 Å². The Morgan fingerprint density at radius 1 is 0.667 bits per heavy atom. The van der Waals surface area contributed by atoms with Crippen molar-refractivity contribution in [1.82, 2.24) is 0 Å². The van der Waals surface area contributed by atoms with Gasteiger partial charge in [-0.15, -0.1) is 0 Å². The minimum absolute atomic E-state index is 0.348. The third-order valence-electron chi connectivity index (χ3n) is 4.20. The molecule has 0 heterocycles. The van der Waals surface area contributed by atoms with Crippen LogP contribution in [0.1, 0.15) is 72.1 Å². The third kappa shape index (κ3) is 15.4. The predicted octanol–water partition coefficient (Wildman–Crippen LogP) is 5.59. The summed E-state index contributed by atoms with van der Waals surface area (Å²) in [6.45, 7) is 13.7. The molecule has 0 aromatic heterocycles. The van der Waals surface area contributed by atoms with E-state index in [-0.39, 0.29) is 11.9 Å². The van der Waals surface area contributed by atoms with Crippen LogP contribution in [0.2, 0.25) is 0 Å². The Bertz CT molecular complexity index is 540. The Labute approximate surface area is 181 Å². The molecule has 0 aromatic carbocycles. The molecule has 0 aliphatic heterocycles. The number of hydrogen-bond donors (Lipinski definition) is 0. The normalized spacial score (nSPS) is 11.2. The van der Waals surface area contributed by atoms with Gasteiger partial charge in [-0.25, -0.2) is 9.59 Å². The van der Waals surface area contributed by atoms with Gasteiger partial charge in [0.05, 0.1) is 26.4 Å². The van der Waals surface area contributed by atoms with E-state index in [4.69, 9.17) is 18.5 Å². The van der Waals surface area contributed by atoms with E-state index in [9.17, 15) is 14.2 Å². The van der Waals surface area contributed by atoms with E-state index in [2.05, 4.69) is 13.2 Å². The SMILES string of the molecule is C=C(C)C(=O)OCCCCCCOP(=O)(CC)OCCCCCCOC(=O)C(=C)C. The second-order valence-electron chi connectivity index (χ2n) is 7.25. The van der Waals surface area contributed by atoms with Crippen LogP contribution in [0.5, 0.6) is 0 Å². The smallest absolute Gasteiger partial charge is 0.333 e. The molecule has 0 fully saturated rings. The lowest BCUT2D eigenvalue weighted by Gasteiger charge is -2.17. The first-order chi connectivity index (χ1) is 14.2. The Morgan fingerprint density at radius 2 is 1.00 bits per heavy atom. The molecule has 0 spiro atoms. The molecule has 7 nitrogen and oxygen atoms in total. The molecule has 0 aliphatic rings. The molecule has 0 aromatic rings. The monoisotopic (exact) mass is 446 g/mol. The summed E-state index contributed by atoms with van der Waals surface area (Å²) in [6, 6.07) is 0. The maximum absolute atomic E-state index is 12.6. The van der Waals surface area contributed by atoms with Crippen LogP contribution in [0.25, 0.3) is 0 Å². The minimum Gasteiger partial charge on any atom is -0.462 e. The largest absolute Gasteiger partial charge is 0.462 e. The highest BCUT2D eigenvalue weighted by atomic mass is 31.2. The fourth-order valence-electron chi connectivity index (χ4n) is 2.32. The highest BCUT2D eigenvalue weighted by Gasteiger charge is 2.21. The van der Waals surface area contributed by atoms with Crippen molar-refractivity contribution in [3.63, 3.8) is 0 Å². The molecule has 0 atom stereocenters. The molecular formula is C22H39O7P. The first-order valence-corrected chi connectivity index (χ1v) is 12.5. The molecule has 174 valence electrons. The second-order valence-corrected chi connectivity index (χ2v) is 9.63. The zero-order valence-corrected chi connectivity index (χ0v) is 19.8. The minimum atomic E-state index is -3.03. The van der Waals surface area contributed by atoms with Crippen LogP contribution in [0.3, 0.4) is 0 Å². The van der Waals surface area contributed by atoms with Crippen molar-refractivity contribution in [2.24, 2.45) is 0 Å². The van der Waals surface area contributed by atoms with Gasteiger partial charge >= 0.3 is 19.5 Å². The first-order valence-electron chi connectivity index (χ1n) is 10.7. The molecular weight excluding hydrogens is 407 g/mol. The predicted molar refractivity (Wildman–Crippen MR) is 119 cm³/mol. The van der Waals surface area contributed by atoms with Gasteiger partial charge < -0.3 is 18.5 Å². The van der Waals surface area contributed by atoms with Crippen LogP contribution in [-0.4, -0.2) is 44.5 Å². The molecule has 0 saturated heterocycles. The summed E-state index contributed by atoms with van der Waals surface area (Å²) in [5.74, 6) is -0.712. The van der Waals surface area contributed by atoms with E-state index in [0.29, 0.717) is 43.7 Å². The maximum atomic E-state index is 12.6. The van der Waals surface area contributed by atoms with Crippen molar-refractivity contribution >= 4 is 19.5 Å². The van der Waals surface area contributed by atoms with Crippen LogP contribution in [-0.2, 0) is 32.7 Å². The number of carbonyl (C=O) groups is 2. The Morgan fingerprint density at radius 3 is 1.30 bits per heavy atom. The van der Waals surface area contributed by atoms with E-state index in [1.807, 2.05) is 0 Å². The number of unbranched alkanes of at least 4 members (excludes halogenated alkanes) is 6. The number of ether oxygens (including phenoxy) is 2. The van der Waals surface area contributed by atoms with Crippen molar-refractivity contribution in [2.75, 3.05) is 32.6 Å². The van der Waals surface area contributed by atoms with Crippen LogP contribution < -0.4 is 0 Å². The number of hydrogen-bond acceptors (Lipinski definition) is 7. The fourth-order valence-corrected chi connectivity index (χ4v) is 3.57. The molecule has 0 aliphatic carbocycles. The summed E-state index contributed by atoms with van der Waals surface area (Å²) >= 11 is 0. The zero-order chi connectivity index (χ0) is 22.8. The summed E-state index contributed by atoms with van der Waals surface area (Å²) in [5, 5.41) is 0. The van der Waals surface area contributed by atoms with Gasteiger partial charge in [0.15, 0.2) is 0 Å². The number of esters is 2. The number of rotatable bonds is 19. The highest BCUT2D eigenvalue weighted by molar-refractivity contribution is 7.53. The third-order valence-corrected chi connectivity index (χ3v) is 6.13. The lowest BCUT2D eigenvalue weighted by molar-refractivity contribution is -0.139.